The summed E-state index contributed by atoms with van der Waals surface area (Å²) >= 11 is 0. The molecule has 5 nitrogen and oxygen atoms in total. The van der Waals surface area contributed by atoms with Gasteiger partial charge in [-0.3, -0.25) is 4.79 Å². The van der Waals surface area contributed by atoms with Crippen LogP contribution in [0.4, 0.5) is 0 Å². The van der Waals surface area contributed by atoms with E-state index in [0.29, 0.717) is 18.7 Å². The van der Waals surface area contributed by atoms with Gasteiger partial charge in [0.05, 0.1) is 17.8 Å². The number of rotatable bonds is 1. The molecule has 1 saturated heterocycles. The second-order valence-corrected chi connectivity index (χ2v) is 5.11. The Hall–Kier alpha value is -1.88. The predicted octanol–water partition coefficient (Wildman–Crippen LogP) is 1.81. The quantitative estimate of drug-likeness (QED) is 0.849. The van der Waals surface area contributed by atoms with Crippen LogP contribution >= 0.6 is 0 Å². The molecule has 19 heavy (non-hydrogen) atoms. The molecule has 0 radical (unpaired) electrons. The molecular formula is C14H17N3O2. The summed E-state index contributed by atoms with van der Waals surface area (Å²) in [5, 5.41) is 0.959. The number of carbonyl (C=O) groups is 1. The van der Waals surface area contributed by atoms with Crippen LogP contribution in [0.2, 0.25) is 0 Å². The van der Waals surface area contributed by atoms with Crippen molar-refractivity contribution in [1.29, 1.82) is 0 Å². The van der Waals surface area contributed by atoms with Gasteiger partial charge in [0, 0.05) is 30.9 Å². The minimum atomic E-state index is 0.0256. The van der Waals surface area contributed by atoms with Crippen LogP contribution in [-0.2, 0) is 4.74 Å². The van der Waals surface area contributed by atoms with Crippen molar-refractivity contribution in [3.05, 3.63) is 30.1 Å². The lowest BCUT2D eigenvalue weighted by molar-refractivity contribution is -0.0586. The molecule has 5 heteroatoms. The van der Waals surface area contributed by atoms with Crippen molar-refractivity contribution in [3.8, 4) is 0 Å². The normalized spacial score (nSPS) is 23.8. The predicted molar refractivity (Wildman–Crippen MR) is 72.0 cm³/mol. The SMILES string of the molecule is CC1CN(C(=O)c2cnc3[nH]ccc3c2)CC(C)O1. The molecule has 1 amide bonds. The van der Waals surface area contributed by atoms with Crippen LogP contribution in [0.3, 0.4) is 0 Å². The van der Waals surface area contributed by atoms with E-state index in [0.717, 1.165) is 11.0 Å². The number of nitrogens with one attached hydrogen (secondary N) is 1. The molecule has 0 saturated carbocycles. The second-order valence-electron chi connectivity index (χ2n) is 5.11. The number of nitrogens with zero attached hydrogens (tertiary/aromatic N) is 2. The molecule has 2 unspecified atom stereocenters. The van der Waals surface area contributed by atoms with E-state index in [1.54, 1.807) is 6.20 Å². The number of amides is 1. The van der Waals surface area contributed by atoms with E-state index >= 15 is 0 Å². The Bertz CT molecular complexity index is 598. The van der Waals surface area contributed by atoms with Crippen molar-refractivity contribution >= 4 is 16.9 Å². The molecule has 0 spiro atoms. The fourth-order valence-electron chi connectivity index (χ4n) is 2.58. The van der Waals surface area contributed by atoms with Crippen LogP contribution < -0.4 is 0 Å². The zero-order valence-electron chi connectivity index (χ0n) is 11.1. The van der Waals surface area contributed by atoms with E-state index in [4.69, 9.17) is 4.74 Å². The number of hydrogen-bond acceptors (Lipinski definition) is 3. The fourth-order valence-corrected chi connectivity index (χ4v) is 2.58. The standard InChI is InChI=1S/C14H17N3O2/c1-9-7-17(8-10(2)19-9)14(18)12-5-11-3-4-15-13(11)16-6-12/h3-6,9-10H,7-8H2,1-2H3,(H,15,16). The van der Waals surface area contributed by atoms with Crippen LogP contribution in [0.5, 0.6) is 0 Å². The molecule has 2 aromatic rings. The maximum Gasteiger partial charge on any atom is 0.255 e. The number of hydrogen-bond donors (Lipinski definition) is 1. The van der Waals surface area contributed by atoms with Gasteiger partial charge in [0.25, 0.3) is 5.91 Å². The van der Waals surface area contributed by atoms with E-state index in [2.05, 4.69) is 9.97 Å². The van der Waals surface area contributed by atoms with Gasteiger partial charge >= 0.3 is 0 Å². The summed E-state index contributed by atoms with van der Waals surface area (Å²) in [5.74, 6) is 0.0256. The Balaban J connectivity index is 1.86. The van der Waals surface area contributed by atoms with Crippen LogP contribution in [0.25, 0.3) is 11.0 Å². The van der Waals surface area contributed by atoms with Crippen molar-refractivity contribution in [3.63, 3.8) is 0 Å². The minimum Gasteiger partial charge on any atom is -0.372 e. The number of morpholine rings is 1. The van der Waals surface area contributed by atoms with Crippen molar-refractivity contribution in [1.82, 2.24) is 14.9 Å². The van der Waals surface area contributed by atoms with Gasteiger partial charge in [-0.05, 0) is 26.0 Å². The minimum absolute atomic E-state index is 0.0256. The summed E-state index contributed by atoms with van der Waals surface area (Å²) < 4.78 is 5.65. The summed E-state index contributed by atoms with van der Waals surface area (Å²) in [6, 6.07) is 3.80. The molecule has 0 aromatic carbocycles. The monoisotopic (exact) mass is 259 g/mol. The number of aromatic nitrogens is 2. The van der Waals surface area contributed by atoms with E-state index in [1.165, 1.54) is 0 Å². The van der Waals surface area contributed by atoms with E-state index in [1.807, 2.05) is 37.1 Å². The number of fused-ring (bicyclic) bond motifs is 1. The third-order valence-corrected chi connectivity index (χ3v) is 3.35. The van der Waals surface area contributed by atoms with Crippen LogP contribution in [0.1, 0.15) is 24.2 Å². The first-order valence-electron chi connectivity index (χ1n) is 6.51. The number of H-pyrrole nitrogens is 1. The lowest BCUT2D eigenvalue weighted by Gasteiger charge is -2.35. The molecule has 3 heterocycles. The average molecular weight is 259 g/mol. The summed E-state index contributed by atoms with van der Waals surface area (Å²) in [4.78, 5) is 21.6. The number of pyridine rings is 1. The Kier molecular flexibility index (Phi) is 2.98. The van der Waals surface area contributed by atoms with Gasteiger partial charge in [-0.2, -0.15) is 0 Å². The highest BCUT2D eigenvalue weighted by Gasteiger charge is 2.26. The highest BCUT2D eigenvalue weighted by molar-refractivity contribution is 5.97. The number of aromatic amines is 1. The lowest BCUT2D eigenvalue weighted by atomic mass is 10.1. The third kappa shape index (κ3) is 2.33. The molecule has 1 N–H and O–H groups in total. The molecule has 1 aliphatic heterocycles. The van der Waals surface area contributed by atoms with Gasteiger partial charge < -0.3 is 14.6 Å². The highest BCUT2D eigenvalue weighted by Crippen LogP contribution is 2.16. The molecule has 100 valence electrons. The summed E-state index contributed by atoms with van der Waals surface area (Å²) in [7, 11) is 0. The summed E-state index contributed by atoms with van der Waals surface area (Å²) in [5.41, 5.74) is 1.44. The first kappa shape index (κ1) is 12.2. The zero-order chi connectivity index (χ0) is 13.4. The first-order chi connectivity index (χ1) is 9.13. The van der Waals surface area contributed by atoms with E-state index in [9.17, 15) is 4.79 Å². The topological polar surface area (TPSA) is 58.2 Å². The Labute approximate surface area is 111 Å². The highest BCUT2D eigenvalue weighted by atomic mass is 16.5. The third-order valence-electron chi connectivity index (χ3n) is 3.35. The van der Waals surface area contributed by atoms with Gasteiger partial charge in [0.1, 0.15) is 5.65 Å². The van der Waals surface area contributed by atoms with Crippen molar-refractivity contribution < 1.29 is 9.53 Å². The molecule has 0 bridgehead atoms. The van der Waals surface area contributed by atoms with Crippen LogP contribution in [0, 0.1) is 0 Å². The Morgan fingerprint density at radius 1 is 1.42 bits per heavy atom. The van der Waals surface area contributed by atoms with Crippen molar-refractivity contribution in [2.75, 3.05) is 13.1 Å². The van der Waals surface area contributed by atoms with Gasteiger partial charge in [0.2, 0.25) is 0 Å². The van der Waals surface area contributed by atoms with Crippen LogP contribution in [0.15, 0.2) is 24.5 Å². The average Bonchev–Trinajstić information content (AvgIpc) is 2.83. The molecule has 1 fully saturated rings. The van der Waals surface area contributed by atoms with Crippen molar-refractivity contribution in [2.45, 2.75) is 26.1 Å². The van der Waals surface area contributed by atoms with Crippen LogP contribution in [-0.4, -0.2) is 46.1 Å². The van der Waals surface area contributed by atoms with Gasteiger partial charge in [-0.15, -0.1) is 0 Å². The van der Waals surface area contributed by atoms with Gasteiger partial charge in [0.15, 0.2) is 0 Å². The van der Waals surface area contributed by atoms with Gasteiger partial charge in [-0.25, -0.2) is 4.98 Å². The number of ether oxygens (including phenoxy) is 1. The molecule has 0 aliphatic carbocycles. The molecule has 2 atom stereocenters. The largest absolute Gasteiger partial charge is 0.372 e. The number of carbonyl (C=O) groups excluding carboxylic acids is 1. The summed E-state index contributed by atoms with van der Waals surface area (Å²) in [6.07, 6.45) is 3.62. The van der Waals surface area contributed by atoms with E-state index in [-0.39, 0.29) is 18.1 Å². The molecule has 3 rings (SSSR count). The fraction of sp³-hybridized carbons (Fsp3) is 0.429. The lowest BCUT2D eigenvalue weighted by Crippen LogP contribution is -2.48. The Morgan fingerprint density at radius 2 is 2.16 bits per heavy atom. The Morgan fingerprint density at radius 3 is 2.89 bits per heavy atom. The van der Waals surface area contributed by atoms with Crippen molar-refractivity contribution in [2.24, 2.45) is 0 Å². The molecular weight excluding hydrogens is 242 g/mol. The second kappa shape index (κ2) is 4.66. The maximum atomic E-state index is 12.5. The molecule has 1 aliphatic rings. The zero-order valence-corrected chi connectivity index (χ0v) is 11.1. The molecule has 2 aromatic heterocycles. The van der Waals surface area contributed by atoms with Gasteiger partial charge in [-0.1, -0.05) is 0 Å². The van der Waals surface area contributed by atoms with E-state index < -0.39 is 0 Å². The first-order valence-corrected chi connectivity index (χ1v) is 6.51. The smallest absolute Gasteiger partial charge is 0.255 e. The summed E-state index contributed by atoms with van der Waals surface area (Å²) in [6.45, 7) is 5.25. The maximum absolute atomic E-state index is 12.5.